The Kier molecular flexibility index (Phi) is 5.21. The second-order valence-corrected chi connectivity index (χ2v) is 7.46. The van der Waals surface area contributed by atoms with Crippen molar-refractivity contribution in [3.05, 3.63) is 59.7 Å². The number of benzene rings is 2. The lowest BCUT2D eigenvalue weighted by atomic mass is 10.1. The van der Waals surface area contributed by atoms with Gasteiger partial charge in [0.1, 0.15) is 0 Å². The average molecular weight is 364 g/mol. The first-order valence-electron chi connectivity index (χ1n) is 9.56. The quantitative estimate of drug-likeness (QED) is 0.737. The Bertz CT molecular complexity index is 841. The minimum absolute atomic E-state index is 0.0338. The molecule has 5 heteroatoms. The van der Waals surface area contributed by atoms with Gasteiger partial charge in [-0.15, -0.1) is 0 Å². The Hall–Kier alpha value is -2.66. The van der Waals surface area contributed by atoms with Crippen molar-refractivity contribution in [3.63, 3.8) is 0 Å². The van der Waals surface area contributed by atoms with Gasteiger partial charge in [-0.2, -0.15) is 0 Å². The SMILES string of the molecule is O=C(Nc1cccc(COCC2CC2)c1)c1cccc(NC(=O)C2CC2)c1. The molecule has 5 nitrogen and oxygen atoms in total. The van der Waals surface area contributed by atoms with Crippen molar-refractivity contribution < 1.29 is 14.3 Å². The summed E-state index contributed by atoms with van der Waals surface area (Å²) in [5.74, 6) is 0.702. The van der Waals surface area contributed by atoms with E-state index in [9.17, 15) is 9.59 Å². The fourth-order valence-corrected chi connectivity index (χ4v) is 2.90. The maximum Gasteiger partial charge on any atom is 0.255 e. The molecular weight excluding hydrogens is 340 g/mol. The Balaban J connectivity index is 1.35. The number of hydrogen-bond acceptors (Lipinski definition) is 3. The van der Waals surface area contributed by atoms with Crippen LogP contribution in [0.5, 0.6) is 0 Å². The molecule has 2 aromatic carbocycles. The fourth-order valence-electron chi connectivity index (χ4n) is 2.90. The second-order valence-electron chi connectivity index (χ2n) is 7.46. The molecule has 2 N–H and O–H groups in total. The van der Waals surface area contributed by atoms with Gasteiger partial charge in [0.2, 0.25) is 5.91 Å². The van der Waals surface area contributed by atoms with Gasteiger partial charge >= 0.3 is 0 Å². The van der Waals surface area contributed by atoms with Crippen molar-refractivity contribution in [2.45, 2.75) is 32.3 Å². The maximum absolute atomic E-state index is 12.6. The molecule has 0 spiro atoms. The van der Waals surface area contributed by atoms with E-state index < -0.39 is 0 Å². The lowest BCUT2D eigenvalue weighted by molar-refractivity contribution is -0.117. The standard InChI is InChI=1S/C22H24N2O3/c25-21(17-9-10-17)24-20-6-2-4-18(12-20)22(26)23-19-5-1-3-16(11-19)14-27-13-15-7-8-15/h1-6,11-12,15,17H,7-10,13-14H2,(H,23,26)(H,24,25). The van der Waals surface area contributed by atoms with Crippen molar-refractivity contribution in [1.82, 2.24) is 0 Å². The van der Waals surface area contributed by atoms with Crippen LogP contribution in [0.3, 0.4) is 0 Å². The van der Waals surface area contributed by atoms with E-state index in [0.717, 1.165) is 36.6 Å². The summed E-state index contributed by atoms with van der Waals surface area (Å²) in [4.78, 5) is 24.5. The molecule has 27 heavy (non-hydrogen) atoms. The summed E-state index contributed by atoms with van der Waals surface area (Å²) < 4.78 is 5.71. The highest BCUT2D eigenvalue weighted by Crippen LogP contribution is 2.30. The lowest BCUT2D eigenvalue weighted by Crippen LogP contribution is -2.15. The van der Waals surface area contributed by atoms with Gasteiger partial charge in [0.15, 0.2) is 0 Å². The van der Waals surface area contributed by atoms with E-state index in [2.05, 4.69) is 10.6 Å². The van der Waals surface area contributed by atoms with Gasteiger partial charge in [0.25, 0.3) is 5.91 Å². The van der Waals surface area contributed by atoms with Crippen LogP contribution in [-0.4, -0.2) is 18.4 Å². The van der Waals surface area contributed by atoms with E-state index >= 15 is 0 Å². The Morgan fingerprint density at radius 3 is 2.41 bits per heavy atom. The molecule has 2 aromatic rings. The summed E-state index contributed by atoms with van der Waals surface area (Å²) in [7, 11) is 0. The van der Waals surface area contributed by atoms with Crippen molar-refractivity contribution in [3.8, 4) is 0 Å². The summed E-state index contributed by atoms with van der Waals surface area (Å²) >= 11 is 0. The molecule has 0 bridgehead atoms. The van der Waals surface area contributed by atoms with Gasteiger partial charge < -0.3 is 15.4 Å². The van der Waals surface area contributed by atoms with E-state index in [1.165, 1.54) is 12.8 Å². The third kappa shape index (κ3) is 5.17. The molecule has 2 saturated carbocycles. The van der Waals surface area contributed by atoms with Crippen LogP contribution < -0.4 is 10.6 Å². The first-order valence-corrected chi connectivity index (χ1v) is 9.56. The molecule has 2 amide bonds. The molecule has 4 rings (SSSR count). The molecule has 140 valence electrons. The average Bonchev–Trinajstić information content (AvgIpc) is 3.55. The van der Waals surface area contributed by atoms with E-state index in [1.807, 2.05) is 24.3 Å². The van der Waals surface area contributed by atoms with Crippen molar-refractivity contribution in [2.24, 2.45) is 11.8 Å². The maximum atomic E-state index is 12.6. The summed E-state index contributed by atoms with van der Waals surface area (Å²) in [6.45, 7) is 1.37. The van der Waals surface area contributed by atoms with Crippen LogP contribution in [0.4, 0.5) is 11.4 Å². The normalized spacial score (nSPS) is 16.0. The van der Waals surface area contributed by atoms with Crippen LogP contribution in [0.1, 0.15) is 41.6 Å². The van der Waals surface area contributed by atoms with Gasteiger partial charge in [-0.25, -0.2) is 0 Å². The minimum Gasteiger partial charge on any atom is -0.376 e. The molecular formula is C22H24N2O3. The minimum atomic E-state index is -0.200. The van der Waals surface area contributed by atoms with Crippen LogP contribution >= 0.6 is 0 Å². The van der Waals surface area contributed by atoms with E-state index in [4.69, 9.17) is 4.74 Å². The monoisotopic (exact) mass is 364 g/mol. The molecule has 0 aliphatic heterocycles. The van der Waals surface area contributed by atoms with Gasteiger partial charge in [0, 0.05) is 29.5 Å². The molecule has 0 radical (unpaired) electrons. The number of nitrogens with one attached hydrogen (secondary N) is 2. The van der Waals surface area contributed by atoms with Crippen LogP contribution in [0.2, 0.25) is 0 Å². The number of amides is 2. The molecule has 2 aliphatic rings. The van der Waals surface area contributed by atoms with Crippen LogP contribution in [-0.2, 0) is 16.1 Å². The first kappa shape index (κ1) is 17.7. The summed E-state index contributed by atoms with van der Waals surface area (Å²) in [5, 5.41) is 5.79. The predicted molar refractivity (Wildman–Crippen MR) is 105 cm³/mol. The number of anilines is 2. The molecule has 2 aliphatic carbocycles. The van der Waals surface area contributed by atoms with Crippen LogP contribution in [0.25, 0.3) is 0 Å². The zero-order valence-corrected chi connectivity index (χ0v) is 15.2. The number of rotatable bonds is 8. The van der Waals surface area contributed by atoms with Gasteiger partial charge in [-0.1, -0.05) is 18.2 Å². The van der Waals surface area contributed by atoms with Crippen LogP contribution in [0.15, 0.2) is 48.5 Å². The largest absolute Gasteiger partial charge is 0.376 e. The topological polar surface area (TPSA) is 67.4 Å². The highest BCUT2D eigenvalue weighted by atomic mass is 16.5. The first-order chi connectivity index (χ1) is 13.2. The Labute approximate surface area is 159 Å². The lowest BCUT2D eigenvalue weighted by Gasteiger charge is -2.10. The smallest absolute Gasteiger partial charge is 0.255 e. The van der Waals surface area contributed by atoms with Gasteiger partial charge in [-0.05, 0) is 67.5 Å². The van der Waals surface area contributed by atoms with Gasteiger partial charge in [-0.3, -0.25) is 9.59 Å². The molecule has 0 unspecified atom stereocenters. The van der Waals surface area contributed by atoms with E-state index in [-0.39, 0.29) is 17.7 Å². The van der Waals surface area contributed by atoms with Crippen molar-refractivity contribution in [2.75, 3.05) is 17.2 Å². The summed E-state index contributed by atoms with van der Waals surface area (Å²) in [6, 6.07) is 14.7. The van der Waals surface area contributed by atoms with E-state index in [1.54, 1.807) is 24.3 Å². The van der Waals surface area contributed by atoms with E-state index in [0.29, 0.717) is 17.9 Å². The highest BCUT2D eigenvalue weighted by Gasteiger charge is 2.29. The number of carbonyl (C=O) groups is 2. The van der Waals surface area contributed by atoms with Crippen molar-refractivity contribution in [1.29, 1.82) is 0 Å². The molecule has 0 atom stereocenters. The molecule has 0 aromatic heterocycles. The zero-order valence-electron chi connectivity index (χ0n) is 15.2. The third-order valence-corrected chi connectivity index (χ3v) is 4.84. The molecule has 2 fully saturated rings. The number of carbonyl (C=O) groups excluding carboxylic acids is 2. The van der Waals surface area contributed by atoms with Gasteiger partial charge in [0.05, 0.1) is 6.61 Å². The number of hydrogen-bond donors (Lipinski definition) is 2. The predicted octanol–water partition coefficient (Wildman–Crippen LogP) is 4.21. The second kappa shape index (κ2) is 7.92. The molecule has 0 saturated heterocycles. The number of ether oxygens (including phenoxy) is 1. The zero-order chi connectivity index (χ0) is 18.6. The summed E-state index contributed by atoms with van der Waals surface area (Å²) in [6.07, 6.45) is 4.45. The fraction of sp³-hybridized carbons (Fsp3) is 0.364. The molecule has 0 heterocycles. The third-order valence-electron chi connectivity index (χ3n) is 4.84. The Morgan fingerprint density at radius 1 is 0.926 bits per heavy atom. The summed E-state index contributed by atoms with van der Waals surface area (Å²) in [5.41, 5.74) is 2.94. The highest BCUT2D eigenvalue weighted by molar-refractivity contribution is 6.05. The van der Waals surface area contributed by atoms with Crippen LogP contribution in [0, 0.1) is 11.8 Å². The Morgan fingerprint density at radius 2 is 1.67 bits per heavy atom. The van der Waals surface area contributed by atoms with Crippen molar-refractivity contribution >= 4 is 23.2 Å².